The van der Waals surface area contributed by atoms with E-state index in [1.54, 1.807) is 43.3 Å². The molecule has 0 aromatic heterocycles. The number of aliphatic hydroxyl groups is 1. The molecule has 4 rings (SSSR count). The Morgan fingerprint density at radius 2 is 1.51 bits per heavy atom. The maximum Gasteiger partial charge on any atom is 0.201 e. The molecule has 0 radical (unpaired) electrons. The molecule has 0 heterocycles. The van der Waals surface area contributed by atoms with E-state index >= 15 is 0 Å². The predicted octanol–water partition coefficient (Wildman–Crippen LogP) is 8.14. The van der Waals surface area contributed by atoms with Crippen LogP contribution in [0.15, 0.2) is 48.5 Å². The first-order chi connectivity index (χ1) is 17.8. The van der Waals surface area contributed by atoms with Crippen LogP contribution in [0.4, 0.5) is 17.6 Å². The molecule has 198 valence electrons. The van der Waals surface area contributed by atoms with Crippen LogP contribution >= 0.6 is 0 Å². The van der Waals surface area contributed by atoms with Crippen molar-refractivity contribution in [3.05, 3.63) is 88.5 Å². The molecular weight excluding hydrogens is 480 g/mol. The second-order valence-corrected chi connectivity index (χ2v) is 10.1. The average molecular weight is 515 g/mol. The number of hydrogen-bond donors (Lipinski definition) is 1. The topological polar surface area (TPSA) is 29.5 Å². The van der Waals surface area contributed by atoms with Gasteiger partial charge < -0.3 is 9.84 Å². The number of rotatable bonds is 9. The van der Waals surface area contributed by atoms with Crippen molar-refractivity contribution in [1.82, 2.24) is 0 Å². The van der Waals surface area contributed by atoms with E-state index in [0.29, 0.717) is 42.6 Å². The van der Waals surface area contributed by atoms with Gasteiger partial charge in [0.1, 0.15) is 0 Å². The van der Waals surface area contributed by atoms with Crippen LogP contribution < -0.4 is 4.74 Å². The number of benzene rings is 3. The zero-order chi connectivity index (χ0) is 26.5. The van der Waals surface area contributed by atoms with Crippen LogP contribution in [0, 0.1) is 29.2 Å². The summed E-state index contributed by atoms with van der Waals surface area (Å²) in [5, 5.41) is 9.78. The van der Waals surface area contributed by atoms with Crippen LogP contribution in [0.25, 0.3) is 11.1 Å². The highest BCUT2D eigenvalue weighted by molar-refractivity contribution is 5.65. The van der Waals surface area contributed by atoms with Gasteiger partial charge in [-0.05, 0) is 98.1 Å². The molecule has 1 fully saturated rings. The molecule has 0 saturated heterocycles. The molecule has 1 saturated carbocycles. The molecular formula is C31H34F4O2. The Labute approximate surface area is 216 Å². The van der Waals surface area contributed by atoms with Crippen molar-refractivity contribution in [2.45, 2.75) is 70.8 Å². The smallest absolute Gasteiger partial charge is 0.201 e. The Balaban J connectivity index is 1.40. The van der Waals surface area contributed by atoms with Crippen molar-refractivity contribution in [3.63, 3.8) is 0 Å². The van der Waals surface area contributed by atoms with Crippen molar-refractivity contribution in [2.24, 2.45) is 5.92 Å². The normalized spacial score (nSPS) is 18.6. The summed E-state index contributed by atoms with van der Waals surface area (Å²) in [6.45, 7) is 3.98. The van der Waals surface area contributed by atoms with Crippen LogP contribution in [-0.2, 0) is 12.8 Å². The fourth-order valence-electron chi connectivity index (χ4n) is 5.23. The summed E-state index contributed by atoms with van der Waals surface area (Å²) in [5.74, 6) is -3.43. The van der Waals surface area contributed by atoms with E-state index in [9.17, 15) is 22.7 Å². The highest BCUT2D eigenvalue weighted by Crippen LogP contribution is 2.39. The third-order valence-corrected chi connectivity index (χ3v) is 7.54. The highest BCUT2D eigenvalue weighted by Gasteiger charge is 2.28. The lowest BCUT2D eigenvalue weighted by Gasteiger charge is -2.30. The SMILES string of the molecule is CCCOc1ccc(-c2ccc(CCc3ccc(C4CCC(C(C)O)CC4)c(F)c3F)cc2)c(F)c1F. The van der Waals surface area contributed by atoms with E-state index in [1.807, 2.05) is 6.92 Å². The molecule has 3 aromatic carbocycles. The number of aryl methyl sites for hydroxylation is 2. The van der Waals surface area contributed by atoms with Gasteiger partial charge in [-0.25, -0.2) is 13.2 Å². The van der Waals surface area contributed by atoms with Gasteiger partial charge in [-0.15, -0.1) is 0 Å². The number of halogens is 4. The molecule has 3 aromatic rings. The third kappa shape index (κ3) is 6.18. The minimum atomic E-state index is -1.01. The van der Waals surface area contributed by atoms with Gasteiger partial charge in [0.2, 0.25) is 5.82 Å². The van der Waals surface area contributed by atoms with Crippen molar-refractivity contribution >= 4 is 0 Å². The first-order valence-corrected chi connectivity index (χ1v) is 13.1. The maximum absolute atomic E-state index is 14.9. The lowest BCUT2D eigenvalue weighted by Crippen LogP contribution is -2.23. The lowest BCUT2D eigenvalue weighted by atomic mass is 9.76. The molecule has 0 amide bonds. The van der Waals surface area contributed by atoms with Crippen LogP contribution in [0.5, 0.6) is 5.75 Å². The summed E-state index contributed by atoms with van der Waals surface area (Å²) in [4.78, 5) is 0. The Hall–Kier alpha value is -2.86. The summed E-state index contributed by atoms with van der Waals surface area (Å²) in [6.07, 6.45) is 4.25. The molecule has 1 atom stereocenters. The molecule has 1 unspecified atom stereocenters. The molecule has 0 bridgehead atoms. The first-order valence-electron chi connectivity index (χ1n) is 13.1. The van der Waals surface area contributed by atoms with Crippen LogP contribution in [0.1, 0.15) is 68.6 Å². The monoisotopic (exact) mass is 514 g/mol. The van der Waals surface area contributed by atoms with Gasteiger partial charge in [0.25, 0.3) is 0 Å². The van der Waals surface area contributed by atoms with Crippen LogP contribution in [0.2, 0.25) is 0 Å². The van der Waals surface area contributed by atoms with Crippen molar-refractivity contribution in [3.8, 4) is 16.9 Å². The molecule has 1 aliphatic carbocycles. The Kier molecular flexibility index (Phi) is 8.91. The Bertz CT molecular complexity index is 1200. The van der Waals surface area contributed by atoms with Gasteiger partial charge in [0.05, 0.1) is 12.7 Å². The van der Waals surface area contributed by atoms with Crippen molar-refractivity contribution in [2.75, 3.05) is 6.61 Å². The van der Waals surface area contributed by atoms with Crippen molar-refractivity contribution < 1.29 is 27.4 Å². The second-order valence-electron chi connectivity index (χ2n) is 10.1. The Morgan fingerprint density at radius 3 is 2.16 bits per heavy atom. The van der Waals surface area contributed by atoms with Crippen LogP contribution in [-0.4, -0.2) is 17.8 Å². The number of aliphatic hydroxyl groups excluding tert-OH is 1. The summed E-state index contributed by atoms with van der Waals surface area (Å²) >= 11 is 0. The van der Waals surface area contributed by atoms with E-state index in [0.717, 1.165) is 31.2 Å². The first kappa shape index (κ1) is 27.2. The molecule has 0 aliphatic heterocycles. The summed E-state index contributed by atoms with van der Waals surface area (Å²) in [7, 11) is 0. The van der Waals surface area contributed by atoms with E-state index in [2.05, 4.69) is 0 Å². The molecule has 6 heteroatoms. The quantitative estimate of drug-likeness (QED) is 0.292. The second kappa shape index (κ2) is 12.1. The van der Waals surface area contributed by atoms with Gasteiger partial charge in [-0.1, -0.05) is 43.3 Å². The third-order valence-electron chi connectivity index (χ3n) is 7.54. The van der Waals surface area contributed by atoms with Crippen LogP contribution in [0.3, 0.4) is 0 Å². The average Bonchev–Trinajstić information content (AvgIpc) is 2.91. The van der Waals surface area contributed by atoms with Gasteiger partial charge >= 0.3 is 0 Å². The minimum Gasteiger partial charge on any atom is -0.490 e. The molecule has 1 N–H and O–H groups in total. The Morgan fingerprint density at radius 1 is 0.811 bits per heavy atom. The fraction of sp³-hybridized carbons (Fsp3) is 0.419. The zero-order valence-electron chi connectivity index (χ0n) is 21.4. The minimum absolute atomic E-state index is 0.0244. The summed E-state index contributed by atoms with van der Waals surface area (Å²) in [6, 6.07) is 13.3. The standard InChI is InChI=1S/C31H34F4O2/c1-3-18-37-27-17-16-26(30(34)31(27)35)22-7-4-20(5-8-22)6-9-24-14-15-25(29(33)28(24)32)23-12-10-21(11-13-23)19(2)36/h4-5,7-8,14-17,19,21,23,36H,3,6,9-13,18H2,1-2H3. The molecule has 0 spiro atoms. The fourth-order valence-corrected chi connectivity index (χ4v) is 5.23. The highest BCUT2D eigenvalue weighted by atomic mass is 19.2. The summed E-state index contributed by atoms with van der Waals surface area (Å²) in [5.41, 5.74) is 2.29. The molecule has 1 aliphatic rings. The van der Waals surface area contributed by atoms with E-state index in [-0.39, 0.29) is 29.3 Å². The number of hydrogen-bond acceptors (Lipinski definition) is 2. The van der Waals surface area contributed by atoms with Crippen molar-refractivity contribution in [1.29, 1.82) is 0 Å². The number of ether oxygens (including phenoxy) is 1. The van der Waals surface area contributed by atoms with Gasteiger partial charge in [-0.3, -0.25) is 0 Å². The summed E-state index contributed by atoms with van der Waals surface area (Å²) < 4.78 is 64.0. The lowest BCUT2D eigenvalue weighted by molar-refractivity contribution is 0.0963. The predicted molar refractivity (Wildman–Crippen MR) is 138 cm³/mol. The van der Waals surface area contributed by atoms with E-state index < -0.39 is 23.3 Å². The van der Waals surface area contributed by atoms with Gasteiger partial charge in [0, 0.05) is 5.56 Å². The zero-order valence-corrected chi connectivity index (χ0v) is 21.4. The molecule has 37 heavy (non-hydrogen) atoms. The maximum atomic E-state index is 14.9. The largest absolute Gasteiger partial charge is 0.490 e. The van der Waals surface area contributed by atoms with Gasteiger partial charge in [0.15, 0.2) is 23.2 Å². The van der Waals surface area contributed by atoms with E-state index in [1.165, 1.54) is 12.1 Å². The van der Waals surface area contributed by atoms with Gasteiger partial charge in [-0.2, -0.15) is 4.39 Å². The van der Waals surface area contributed by atoms with E-state index in [4.69, 9.17) is 4.74 Å². The molecule has 2 nitrogen and oxygen atoms in total.